The molecule has 2 aromatic rings. The Balaban J connectivity index is 1.71. The standard InChI is InChI=1S/C20H21N3O4/c24-19(14-6-2-1-3-7-14)22-18-9-5-4-8-17(18)20(25)21-15-10-12-16(13-11-15)23(26)27/h4-5,8-14H,1-3,6-7H2,(H,21,25)(H,22,24). The van der Waals surface area contributed by atoms with E-state index in [0.717, 1.165) is 32.1 Å². The van der Waals surface area contributed by atoms with Crippen LogP contribution in [0.25, 0.3) is 0 Å². The fourth-order valence-electron chi connectivity index (χ4n) is 3.25. The largest absolute Gasteiger partial charge is 0.325 e. The van der Waals surface area contributed by atoms with Gasteiger partial charge in [-0.1, -0.05) is 31.4 Å². The van der Waals surface area contributed by atoms with Crippen molar-refractivity contribution in [2.75, 3.05) is 10.6 Å². The maximum Gasteiger partial charge on any atom is 0.269 e. The number of amides is 2. The molecule has 0 spiro atoms. The monoisotopic (exact) mass is 367 g/mol. The Hall–Kier alpha value is -3.22. The number of hydrogen-bond acceptors (Lipinski definition) is 4. The van der Waals surface area contributed by atoms with Gasteiger partial charge >= 0.3 is 0 Å². The fraction of sp³-hybridized carbons (Fsp3) is 0.300. The van der Waals surface area contributed by atoms with Gasteiger partial charge in [-0.05, 0) is 37.1 Å². The molecule has 0 radical (unpaired) electrons. The minimum absolute atomic E-state index is 0.00969. The van der Waals surface area contributed by atoms with Gasteiger partial charge in [0.25, 0.3) is 11.6 Å². The number of nitrogens with zero attached hydrogens (tertiary/aromatic N) is 1. The van der Waals surface area contributed by atoms with Crippen LogP contribution in [0.4, 0.5) is 17.1 Å². The molecule has 2 aromatic carbocycles. The molecule has 0 bridgehead atoms. The van der Waals surface area contributed by atoms with Gasteiger partial charge in [0.15, 0.2) is 0 Å². The molecule has 7 nitrogen and oxygen atoms in total. The highest BCUT2D eigenvalue weighted by Gasteiger charge is 2.22. The Bertz CT molecular complexity index is 843. The van der Waals surface area contributed by atoms with E-state index in [1.54, 1.807) is 24.3 Å². The molecule has 27 heavy (non-hydrogen) atoms. The van der Waals surface area contributed by atoms with Crippen molar-refractivity contribution in [2.45, 2.75) is 32.1 Å². The highest BCUT2D eigenvalue weighted by atomic mass is 16.6. The number of carbonyl (C=O) groups is 2. The quantitative estimate of drug-likeness (QED) is 0.605. The van der Waals surface area contributed by atoms with Gasteiger partial charge < -0.3 is 10.6 Å². The Kier molecular flexibility index (Phi) is 5.80. The summed E-state index contributed by atoms with van der Waals surface area (Å²) in [6.07, 6.45) is 5.03. The lowest BCUT2D eigenvalue weighted by Crippen LogP contribution is -2.26. The molecular weight excluding hydrogens is 346 g/mol. The molecule has 140 valence electrons. The van der Waals surface area contributed by atoms with Gasteiger partial charge in [0, 0.05) is 23.7 Å². The Labute approximate surface area is 156 Å². The minimum atomic E-state index is -0.498. The number of rotatable bonds is 5. The van der Waals surface area contributed by atoms with Crippen molar-refractivity contribution in [3.63, 3.8) is 0 Å². The molecule has 2 amide bonds. The zero-order valence-corrected chi connectivity index (χ0v) is 14.8. The molecule has 7 heteroatoms. The summed E-state index contributed by atoms with van der Waals surface area (Å²) in [6.45, 7) is 0. The number of nitro groups is 1. The molecule has 1 fully saturated rings. The summed E-state index contributed by atoms with van der Waals surface area (Å²) in [5.41, 5.74) is 1.21. The third-order valence-corrected chi connectivity index (χ3v) is 4.74. The van der Waals surface area contributed by atoms with Gasteiger partial charge in [-0.3, -0.25) is 19.7 Å². The van der Waals surface area contributed by atoms with Gasteiger partial charge in [-0.15, -0.1) is 0 Å². The van der Waals surface area contributed by atoms with Crippen molar-refractivity contribution < 1.29 is 14.5 Å². The highest BCUT2D eigenvalue weighted by Crippen LogP contribution is 2.26. The summed E-state index contributed by atoms with van der Waals surface area (Å²) in [4.78, 5) is 35.3. The van der Waals surface area contributed by atoms with Crippen LogP contribution >= 0.6 is 0 Å². The normalized spacial score (nSPS) is 14.4. The lowest BCUT2D eigenvalue weighted by Gasteiger charge is -2.21. The van der Waals surface area contributed by atoms with Crippen LogP contribution < -0.4 is 10.6 Å². The SMILES string of the molecule is O=C(Nc1ccc([N+](=O)[O-])cc1)c1ccccc1NC(=O)C1CCCCC1. The predicted octanol–water partition coefficient (Wildman–Crippen LogP) is 4.37. The molecule has 1 aliphatic carbocycles. The van der Waals surface area contributed by atoms with E-state index < -0.39 is 4.92 Å². The molecule has 0 aromatic heterocycles. The molecule has 0 atom stereocenters. The minimum Gasteiger partial charge on any atom is -0.325 e. The number of anilines is 2. The third kappa shape index (κ3) is 4.69. The molecule has 2 N–H and O–H groups in total. The van der Waals surface area contributed by atoms with E-state index in [2.05, 4.69) is 10.6 Å². The Morgan fingerprint density at radius 3 is 2.26 bits per heavy atom. The molecule has 0 saturated heterocycles. The van der Waals surface area contributed by atoms with Crippen molar-refractivity contribution >= 4 is 28.9 Å². The van der Waals surface area contributed by atoms with Crippen molar-refractivity contribution in [2.24, 2.45) is 5.92 Å². The van der Waals surface area contributed by atoms with Crippen molar-refractivity contribution in [3.8, 4) is 0 Å². The van der Waals surface area contributed by atoms with Gasteiger partial charge in [0.05, 0.1) is 16.2 Å². The summed E-state index contributed by atoms with van der Waals surface area (Å²) in [5.74, 6) is -0.446. The molecule has 1 aliphatic rings. The number of para-hydroxylation sites is 1. The van der Waals surface area contributed by atoms with E-state index in [9.17, 15) is 19.7 Å². The van der Waals surface area contributed by atoms with E-state index >= 15 is 0 Å². The average Bonchev–Trinajstić information content (AvgIpc) is 2.69. The zero-order chi connectivity index (χ0) is 19.2. The first-order valence-electron chi connectivity index (χ1n) is 9.00. The van der Waals surface area contributed by atoms with E-state index in [1.165, 1.54) is 24.3 Å². The van der Waals surface area contributed by atoms with Crippen LogP contribution in [0, 0.1) is 16.0 Å². The van der Waals surface area contributed by atoms with Gasteiger partial charge in [-0.2, -0.15) is 0 Å². The van der Waals surface area contributed by atoms with E-state index in [1.807, 2.05) is 0 Å². The van der Waals surface area contributed by atoms with Gasteiger partial charge in [0.1, 0.15) is 0 Å². The van der Waals surface area contributed by atoms with Crippen molar-refractivity contribution in [3.05, 3.63) is 64.2 Å². The molecule has 0 unspecified atom stereocenters. The van der Waals surface area contributed by atoms with Crippen LogP contribution in [0.3, 0.4) is 0 Å². The number of benzene rings is 2. The number of nitrogens with one attached hydrogen (secondary N) is 2. The van der Waals surface area contributed by atoms with Crippen LogP contribution in [0.15, 0.2) is 48.5 Å². The number of carbonyl (C=O) groups excluding carboxylic acids is 2. The second kappa shape index (κ2) is 8.44. The Morgan fingerprint density at radius 2 is 1.59 bits per heavy atom. The second-order valence-electron chi connectivity index (χ2n) is 6.63. The summed E-state index contributed by atoms with van der Waals surface area (Å²) in [7, 11) is 0. The first-order valence-corrected chi connectivity index (χ1v) is 9.00. The van der Waals surface area contributed by atoms with Crippen LogP contribution in [0.1, 0.15) is 42.5 Å². The van der Waals surface area contributed by atoms with Crippen LogP contribution in [0.2, 0.25) is 0 Å². The molecular formula is C20H21N3O4. The smallest absolute Gasteiger partial charge is 0.269 e. The van der Waals surface area contributed by atoms with Crippen LogP contribution in [0.5, 0.6) is 0 Å². The van der Waals surface area contributed by atoms with E-state index in [-0.39, 0.29) is 23.4 Å². The molecule has 1 saturated carbocycles. The summed E-state index contributed by atoms with van der Waals surface area (Å²) < 4.78 is 0. The van der Waals surface area contributed by atoms with E-state index in [0.29, 0.717) is 16.9 Å². The summed E-state index contributed by atoms with van der Waals surface area (Å²) in [6, 6.07) is 12.4. The first-order chi connectivity index (χ1) is 13.0. The summed E-state index contributed by atoms with van der Waals surface area (Å²) >= 11 is 0. The zero-order valence-electron chi connectivity index (χ0n) is 14.8. The fourth-order valence-corrected chi connectivity index (χ4v) is 3.25. The van der Waals surface area contributed by atoms with E-state index in [4.69, 9.17) is 0 Å². The third-order valence-electron chi connectivity index (χ3n) is 4.74. The number of nitro benzene ring substituents is 1. The second-order valence-corrected chi connectivity index (χ2v) is 6.63. The van der Waals surface area contributed by atoms with Crippen LogP contribution in [-0.2, 0) is 4.79 Å². The molecule has 0 heterocycles. The first kappa shape index (κ1) is 18.6. The predicted molar refractivity (Wildman–Crippen MR) is 103 cm³/mol. The number of hydrogen-bond donors (Lipinski definition) is 2. The molecule has 3 rings (SSSR count). The maximum absolute atomic E-state index is 12.6. The van der Waals surface area contributed by atoms with Crippen molar-refractivity contribution in [1.29, 1.82) is 0 Å². The Morgan fingerprint density at radius 1 is 0.926 bits per heavy atom. The lowest BCUT2D eigenvalue weighted by atomic mass is 9.88. The highest BCUT2D eigenvalue weighted by molar-refractivity contribution is 6.10. The number of non-ortho nitro benzene ring substituents is 1. The van der Waals surface area contributed by atoms with Crippen LogP contribution in [-0.4, -0.2) is 16.7 Å². The van der Waals surface area contributed by atoms with Crippen molar-refractivity contribution in [1.82, 2.24) is 0 Å². The maximum atomic E-state index is 12.6. The van der Waals surface area contributed by atoms with Gasteiger partial charge in [0.2, 0.25) is 5.91 Å². The lowest BCUT2D eigenvalue weighted by molar-refractivity contribution is -0.384. The average molecular weight is 367 g/mol. The van der Waals surface area contributed by atoms with Gasteiger partial charge in [-0.25, -0.2) is 0 Å². The molecule has 0 aliphatic heterocycles. The topological polar surface area (TPSA) is 101 Å². The summed E-state index contributed by atoms with van der Waals surface area (Å²) in [5, 5.41) is 16.3.